The summed E-state index contributed by atoms with van der Waals surface area (Å²) in [6.07, 6.45) is 2.67. The summed E-state index contributed by atoms with van der Waals surface area (Å²) >= 11 is 6.85. The molecule has 0 amide bonds. The number of nitrogens with zero attached hydrogens (tertiary/aromatic N) is 6. The number of hydrogen-bond donors (Lipinski definition) is 1. The number of hydrogen-bond acceptors (Lipinski definition) is 8. The number of benzene rings is 2. The van der Waals surface area contributed by atoms with Crippen molar-refractivity contribution in [1.29, 1.82) is 0 Å². The zero-order valence-corrected chi connectivity index (χ0v) is 23.8. The summed E-state index contributed by atoms with van der Waals surface area (Å²) < 4.78 is 36.3. The fourth-order valence-corrected chi connectivity index (χ4v) is 5.64. The summed E-state index contributed by atoms with van der Waals surface area (Å²) in [6.45, 7) is 7.38. The van der Waals surface area contributed by atoms with E-state index in [1.165, 1.54) is 17.1 Å². The number of likely N-dealkylation sites (N-methyl/N-ethyl adjacent to an activating group) is 1. The summed E-state index contributed by atoms with van der Waals surface area (Å²) in [5, 5.41) is 4.43. The van der Waals surface area contributed by atoms with Crippen LogP contribution in [0.4, 0.5) is 11.6 Å². The third-order valence-electron chi connectivity index (χ3n) is 6.71. The number of anilines is 2. The van der Waals surface area contributed by atoms with E-state index in [0.717, 1.165) is 43.0 Å². The van der Waals surface area contributed by atoms with Crippen LogP contribution in [-0.2, 0) is 17.1 Å². The molecule has 0 radical (unpaired) electrons. The van der Waals surface area contributed by atoms with Crippen LogP contribution >= 0.6 is 11.6 Å². The van der Waals surface area contributed by atoms with Crippen LogP contribution in [0.15, 0.2) is 59.8 Å². The largest absolute Gasteiger partial charge is 0.437 e. The lowest BCUT2D eigenvalue weighted by atomic mass is 10.0. The van der Waals surface area contributed by atoms with Crippen LogP contribution in [0.25, 0.3) is 11.3 Å². The van der Waals surface area contributed by atoms with E-state index < -0.39 is 10.0 Å². The Bertz CT molecular complexity index is 1620. The molecule has 4 aromatic rings. The summed E-state index contributed by atoms with van der Waals surface area (Å²) in [7, 11) is -0.246. The van der Waals surface area contributed by atoms with Crippen molar-refractivity contribution in [3.63, 3.8) is 0 Å². The normalized spacial score (nSPS) is 14.4. The summed E-state index contributed by atoms with van der Waals surface area (Å²) in [4.78, 5) is 13.6. The molecule has 204 valence electrons. The highest BCUT2D eigenvalue weighted by Gasteiger charge is 2.23. The SMILES string of the molecule is Cc1ccccc1-c1nc(NS(=O)(=O)c2cnn(C)c2)nc(Oc2cccc(N3CCN(C)CC3)c2Cl)c1C. The van der Waals surface area contributed by atoms with Gasteiger partial charge in [-0.25, -0.2) is 18.1 Å². The van der Waals surface area contributed by atoms with Gasteiger partial charge in [-0.2, -0.15) is 10.1 Å². The average molecular weight is 568 g/mol. The van der Waals surface area contributed by atoms with E-state index in [-0.39, 0.29) is 16.7 Å². The van der Waals surface area contributed by atoms with Gasteiger partial charge in [-0.1, -0.05) is 41.9 Å². The average Bonchev–Trinajstić information content (AvgIpc) is 3.35. The van der Waals surface area contributed by atoms with Gasteiger partial charge in [0.1, 0.15) is 15.7 Å². The molecule has 1 saturated heterocycles. The van der Waals surface area contributed by atoms with Crippen LogP contribution < -0.4 is 14.4 Å². The summed E-state index contributed by atoms with van der Waals surface area (Å²) in [6, 6.07) is 13.4. The highest BCUT2D eigenvalue weighted by Crippen LogP contribution is 2.39. The standard InChI is InChI=1S/C27H30ClN7O3S/c1-18-8-5-6-9-21(18)25-19(2)26(31-27(30-25)32-39(36,37)20-16-29-34(4)17-20)38-23-11-7-10-22(24(23)28)35-14-12-33(3)13-15-35/h5-11,16-17H,12-15H2,1-4H3,(H,30,31,32). The zero-order chi connectivity index (χ0) is 27.7. The Hall–Kier alpha value is -3.67. The number of nitrogens with one attached hydrogen (secondary N) is 1. The first-order chi connectivity index (χ1) is 18.6. The molecule has 0 saturated carbocycles. The maximum atomic E-state index is 13.1. The van der Waals surface area contributed by atoms with Gasteiger partial charge in [0, 0.05) is 50.6 Å². The third kappa shape index (κ3) is 5.70. The van der Waals surface area contributed by atoms with Gasteiger partial charge in [0.25, 0.3) is 10.0 Å². The van der Waals surface area contributed by atoms with E-state index in [9.17, 15) is 8.42 Å². The van der Waals surface area contributed by atoms with Gasteiger partial charge in [-0.05, 0) is 38.6 Å². The first kappa shape index (κ1) is 26.9. The van der Waals surface area contributed by atoms with Crippen molar-refractivity contribution in [2.24, 2.45) is 7.05 Å². The molecular weight excluding hydrogens is 538 g/mol. The minimum Gasteiger partial charge on any atom is -0.437 e. The van der Waals surface area contributed by atoms with Crippen LogP contribution in [0.5, 0.6) is 11.6 Å². The lowest BCUT2D eigenvalue weighted by Gasteiger charge is -2.34. The molecular formula is C27H30ClN7O3S. The second kappa shape index (κ2) is 10.8. The Labute approximate surface area is 233 Å². The van der Waals surface area contributed by atoms with Gasteiger partial charge in [0.2, 0.25) is 11.8 Å². The lowest BCUT2D eigenvalue weighted by Crippen LogP contribution is -2.44. The van der Waals surface area contributed by atoms with E-state index in [0.29, 0.717) is 22.0 Å². The fourth-order valence-electron chi connectivity index (χ4n) is 4.43. The number of ether oxygens (including phenoxy) is 1. The Balaban J connectivity index is 1.56. The molecule has 0 spiro atoms. The Kier molecular flexibility index (Phi) is 7.48. The van der Waals surface area contributed by atoms with Crippen LogP contribution in [0.2, 0.25) is 5.02 Å². The maximum absolute atomic E-state index is 13.1. The maximum Gasteiger partial charge on any atom is 0.267 e. The Morgan fingerprint density at radius 3 is 2.41 bits per heavy atom. The van der Waals surface area contributed by atoms with Crippen molar-refractivity contribution in [3.8, 4) is 22.9 Å². The van der Waals surface area contributed by atoms with Crippen molar-refractivity contribution in [3.05, 3.63) is 71.0 Å². The molecule has 1 fully saturated rings. The molecule has 0 unspecified atom stereocenters. The van der Waals surface area contributed by atoms with E-state index in [1.54, 1.807) is 13.1 Å². The molecule has 39 heavy (non-hydrogen) atoms. The number of sulfonamides is 1. The summed E-state index contributed by atoms with van der Waals surface area (Å²) in [5.74, 6) is 0.500. The molecule has 2 aromatic carbocycles. The molecule has 10 nitrogen and oxygen atoms in total. The highest BCUT2D eigenvalue weighted by molar-refractivity contribution is 7.92. The predicted molar refractivity (Wildman–Crippen MR) is 152 cm³/mol. The van der Waals surface area contributed by atoms with Gasteiger partial charge in [-0.3, -0.25) is 4.68 Å². The van der Waals surface area contributed by atoms with Crippen molar-refractivity contribution >= 4 is 33.3 Å². The van der Waals surface area contributed by atoms with Crippen molar-refractivity contribution in [1.82, 2.24) is 24.6 Å². The van der Waals surface area contributed by atoms with Gasteiger partial charge in [0.05, 0.1) is 17.6 Å². The van der Waals surface area contributed by atoms with Crippen molar-refractivity contribution in [2.75, 3.05) is 42.8 Å². The molecule has 3 heterocycles. The number of piperazine rings is 1. The second-order valence-electron chi connectivity index (χ2n) is 9.58. The molecule has 0 aliphatic carbocycles. The second-order valence-corrected chi connectivity index (χ2v) is 11.6. The number of halogens is 1. The topological polar surface area (TPSA) is 105 Å². The predicted octanol–water partition coefficient (Wildman–Crippen LogP) is 4.49. The van der Waals surface area contributed by atoms with Gasteiger partial charge in [0.15, 0.2) is 0 Å². The van der Waals surface area contributed by atoms with Crippen LogP contribution in [0, 0.1) is 13.8 Å². The minimum absolute atomic E-state index is 0.00277. The molecule has 0 atom stereocenters. The monoisotopic (exact) mass is 567 g/mol. The number of rotatable bonds is 7. The third-order valence-corrected chi connectivity index (χ3v) is 8.37. The molecule has 2 aromatic heterocycles. The quantitative estimate of drug-likeness (QED) is 0.348. The van der Waals surface area contributed by atoms with Crippen LogP contribution in [0.3, 0.4) is 0 Å². The van der Waals surface area contributed by atoms with Crippen LogP contribution in [0.1, 0.15) is 11.1 Å². The van der Waals surface area contributed by atoms with Crippen LogP contribution in [-0.4, -0.2) is 66.3 Å². The Morgan fingerprint density at radius 2 is 1.72 bits per heavy atom. The number of aromatic nitrogens is 4. The first-order valence-corrected chi connectivity index (χ1v) is 14.3. The smallest absolute Gasteiger partial charge is 0.267 e. The first-order valence-electron chi connectivity index (χ1n) is 12.5. The summed E-state index contributed by atoms with van der Waals surface area (Å²) in [5.41, 5.74) is 3.89. The molecule has 5 rings (SSSR count). The van der Waals surface area contributed by atoms with Gasteiger partial charge >= 0.3 is 0 Å². The van der Waals surface area contributed by atoms with Gasteiger partial charge < -0.3 is 14.5 Å². The molecule has 1 N–H and O–H groups in total. The zero-order valence-electron chi connectivity index (χ0n) is 22.2. The lowest BCUT2D eigenvalue weighted by molar-refractivity contribution is 0.313. The van der Waals surface area contributed by atoms with E-state index >= 15 is 0 Å². The Morgan fingerprint density at radius 1 is 0.974 bits per heavy atom. The fraction of sp³-hybridized carbons (Fsp3) is 0.296. The van der Waals surface area contributed by atoms with E-state index in [4.69, 9.17) is 16.3 Å². The molecule has 1 aliphatic heterocycles. The van der Waals surface area contributed by atoms with Gasteiger partial charge in [-0.15, -0.1) is 0 Å². The van der Waals surface area contributed by atoms with Crippen molar-refractivity contribution in [2.45, 2.75) is 18.7 Å². The minimum atomic E-state index is -3.99. The highest BCUT2D eigenvalue weighted by atomic mass is 35.5. The van der Waals surface area contributed by atoms with Crippen molar-refractivity contribution < 1.29 is 13.2 Å². The molecule has 0 bridgehead atoms. The molecule has 1 aliphatic rings. The molecule has 12 heteroatoms. The van der Waals surface area contributed by atoms with E-state index in [1.807, 2.05) is 50.2 Å². The van der Waals surface area contributed by atoms with E-state index in [2.05, 4.69) is 36.6 Å². The number of aryl methyl sites for hydroxylation is 2.